The van der Waals surface area contributed by atoms with Crippen molar-refractivity contribution in [2.75, 3.05) is 11.4 Å². The molecule has 0 N–H and O–H groups in total. The number of carbonyl (C=O) groups excluding carboxylic acids is 2. The molecule has 2 aromatic rings. The number of fused-ring (bicyclic) bond motifs is 1. The number of ether oxygens (including phenoxy) is 1. The lowest BCUT2D eigenvalue weighted by Crippen LogP contribution is -2.39. The monoisotopic (exact) mass is 377 g/mol. The number of anilines is 1. The van der Waals surface area contributed by atoms with Gasteiger partial charge in [-0.05, 0) is 62.2 Å². The minimum Gasteiger partial charge on any atom is -0.479 e. The zero-order chi connectivity index (χ0) is 18.1. The Morgan fingerprint density at radius 2 is 1.92 bits per heavy atom. The molecule has 1 aliphatic rings. The fourth-order valence-electron chi connectivity index (χ4n) is 2.88. The van der Waals surface area contributed by atoms with Crippen LogP contribution in [-0.4, -0.2) is 24.3 Å². The number of hydrogen-bond acceptors (Lipinski definition) is 3. The minimum atomic E-state index is -0.697. The van der Waals surface area contributed by atoms with Gasteiger partial charge in [-0.1, -0.05) is 23.2 Å². The van der Waals surface area contributed by atoms with Gasteiger partial charge >= 0.3 is 0 Å². The molecule has 2 aromatic carbocycles. The maximum absolute atomic E-state index is 12.8. The Hall–Kier alpha value is -2.04. The number of hydrogen-bond donors (Lipinski definition) is 0. The van der Waals surface area contributed by atoms with Gasteiger partial charge in [0.25, 0.3) is 5.91 Å². The largest absolute Gasteiger partial charge is 0.479 e. The topological polar surface area (TPSA) is 46.6 Å². The molecule has 0 fully saturated rings. The van der Waals surface area contributed by atoms with Crippen molar-refractivity contribution in [1.29, 1.82) is 0 Å². The predicted octanol–water partition coefficient (Wildman–Crippen LogP) is 4.55. The van der Waals surface area contributed by atoms with E-state index >= 15 is 0 Å². The first-order valence-electron chi connectivity index (χ1n) is 7.94. The fraction of sp³-hybridized carbons (Fsp3) is 0.263. The summed E-state index contributed by atoms with van der Waals surface area (Å²) in [7, 11) is 0. The van der Waals surface area contributed by atoms with E-state index in [1.807, 2.05) is 12.1 Å². The minimum absolute atomic E-state index is 0.0154. The van der Waals surface area contributed by atoms with E-state index in [4.69, 9.17) is 27.9 Å². The maximum Gasteiger partial charge on any atom is 0.267 e. The second kappa shape index (κ2) is 7.06. The number of rotatable bonds is 4. The van der Waals surface area contributed by atoms with Crippen molar-refractivity contribution >= 4 is 40.6 Å². The van der Waals surface area contributed by atoms with E-state index in [2.05, 4.69) is 0 Å². The Labute approximate surface area is 156 Å². The Bertz CT molecular complexity index is 851. The van der Waals surface area contributed by atoms with Crippen molar-refractivity contribution < 1.29 is 14.3 Å². The van der Waals surface area contributed by atoms with E-state index in [9.17, 15) is 9.59 Å². The highest BCUT2D eigenvalue weighted by atomic mass is 35.5. The molecule has 4 nitrogen and oxygen atoms in total. The Balaban J connectivity index is 1.77. The van der Waals surface area contributed by atoms with Gasteiger partial charge in [-0.2, -0.15) is 0 Å². The summed E-state index contributed by atoms with van der Waals surface area (Å²) in [5, 5.41) is 0.867. The quantitative estimate of drug-likeness (QED) is 0.734. The SMILES string of the molecule is CC(=O)c1ccc2c(c1)CCN2C(=O)C(C)Oc1ccc(Cl)cc1Cl. The molecule has 3 rings (SSSR count). The standard InChI is InChI=1S/C19H17Cl2NO3/c1-11(23)13-3-5-17-14(9-13)7-8-22(17)19(24)12(2)25-18-6-4-15(20)10-16(18)21/h3-6,9-10,12H,7-8H2,1-2H3. The predicted molar refractivity (Wildman–Crippen MR) is 99.1 cm³/mol. The van der Waals surface area contributed by atoms with Crippen LogP contribution in [0.2, 0.25) is 10.0 Å². The van der Waals surface area contributed by atoms with Crippen LogP contribution in [-0.2, 0) is 11.2 Å². The van der Waals surface area contributed by atoms with Gasteiger partial charge in [-0.25, -0.2) is 0 Å². The molecule has 1 atom stereocenters. The van der Waals surface area contributed by atoms with Gasteiger partial charge in [-0.3, -0.25) is 9.59 Å². The summed E-state index contributed by atoms with van der Waals surface area (Å²) in [5.74, 6) is 0.278. The molecule has 0 aromatic heterocycles. The molecule has 1 unspecified atom stereocenters. The van der Waals surface area contributed by atoms with Crippen LogP contribution in [0.15, 0.2) is 36.4 Å². The van der Waals surface area contributed by atoms with Crippen LogP contribution in [0.1, 0.15) is 29.8 Å². The Kier molecular flexibility index (Phi) is 5.02. The smallest absolute Gasteiger partial charge is 0.267 e. The second-order valence-electron chi connectivity index (χ2n) is 5.97. The van der Waals surface area contributed by atoms with Crippen molar-refractivity contribution in [1.82, 2.24) is 0 Å². The summed E-state index contributed by atoms with van der Waals surface area (Å²) in [6.45, 7) is 3.79. The number of carbonyl (C=O) groups is 2. The van der Waals surface area contributed by atoms with Crippen molar-refractivity contribution in [3.05, 3.63) is 57.6 Å². The van der Waals surface area contributed by atoms with Crippen LogP contribution in [0, 0.1) is 0 Å². The third-order valence-electron chi connectivity index (χ3n) is 4.19. The molecule has 0 bridgehead atoms. The summed E-state index contributed by atoms with van der Waals surface area (Å²) in [5.41, 5.74) is 2.48. The van der Waals surface area contributed by atoms with E-state index in [-0.39, 0.29) is 11.7 Å². The average molecular weight is 378 g/mol. The molecule has 0 radical (unpaired) electrons. The number of amides is 1. The van der Waals surface area contributed by atoms with Gasteiger partial charge in [0, 0.05) is 22.8 Å². The first kappa shape index (κ1) is 17.8. The van der Waals surface area contributed by atoms with Crippen molar-refractivity contribution in [2.24, 2.45) is 0 Å². The molecular formula is C19H17Cl2NO3. The molecule has 0 saturated carbocycles. The first-order valence-corrected chi connectivity index (χ1v) is 8.69. The number of nitrogens with zero attached hydrogens (tertiary/aromatic N) is 1. The molecule has 1 amide bonds. The van der Waals surface area contributed by atoms with Crippen LogP contribution in [0.3, 0.4) is 0 Å². The molecule has 1 heterocycles. The fourth-order valence-corrected chi connectivity index (χ4v) is 3.33. The van der Waals surface area contributed by atoms with Gasteiger partial charge in [0.2, 0.25) is 0 Å². The second-order valence-corrected chi connectivity index (χ2v) is 6.82. The number of halogens is 2. The lowest BCUT2D eigenvalue weighted by molar-refractivity contribution is -0.124. The van der Waals surface area contributed by atoms with Crippen LogP contribution < -0.4 is 9.64 Å². The third kappa shape index (κ3) is 3.65. The van der Waals surface area contributed by atoms with E-state index in [0.29, 0.717) is 27.9 Å². The maximum atomic E-state index is 12.8. The van der Waals surface area contributed by atoms with Gasteiger partial charge in [-0.15, -0.1) is 0 Å². The van der Waals surface area contributed by atoms with Crippen molar-refractivity contribution in [3.8, 4) is 5.75 Å². The lowest BCUT2D eigenvalue weighted by Gasteiger charge is -2.23. The normalized spacial score (nSPS) is 14.2. The molecule has 25 heavy (non-hydrogen) atoms. The van der Waals surface area contributed by atoms with Crippen LogP contribution in [0.25, 0.3) is 0 Å². The average Bonchev–Trinajstić information content (AvgIpc) is 2.99. The number of Topliss-reactive ketones (excluding diaryl/α,β-unsaturated/α-hetero) is 1. The molecule has 0 spiro atoms. The number of ketones is 1. The van der Waals surface area contributed by atoms with Gasteiger partial charge in [0.15, 0.2) is 11.9 Å². The highest BCUT2D eigenvalue weighted by molar-refractivity contribution is 6.35. The van der Waals surface area contributed by atoms with Gasteiger partial charge in [0.05, 0.1) is 5.02 Å². The summed E-state index contributed by atoms with van der Waals surface area (Å²) in [4.78, 5) is 26.0. The first-order chi connectivity index (χ1) is 11.9. The van der Waals surface area contributed by atoms with Crippen LogP contribution >= 0.6 is 23.2 Å². The zero-order valence-corrected chi connectivity index (χ0v) is 15.4. The summed E-state index contributed by atoms with van der Waals surface area (Å²) in [6.07, 6.45) is 0.0217. The Morgan fingerprint density at radius 1 is 1.16 bits per heavy atom. The van der Waals surface area contributed by atoms with E-state index in [1.165, 1.54) is 6.92 Å². The molecule has 1 aliphatic heterocycles. The van der Waals surface area contributed by atoms with Crippen LogP contribution in [0.4, 0.5) is 5.69 Å². The molecule has 130 valence electrons. The molecule has 0 saturated heterocycles. The van der Waals surface area contributed by atoms with E-state index < -0.39 is 6.10 Å². The third-order valence-corrected chi connectivity index (χ3v) is 4.72. The molecular weight excluding hydrogens is 361 g/mol. The van der Waals surface area contributed by atoms with Crippen molar-refractivity contribution in [3.63, 3.8) is 0 Å². The summed E-state index contributed by atoms with van der Waals surface area (Å²) >= 11 is 12.0. The molecule has 6 heteroatoms. The van der Waals surface area contributed by atoms with Gasteiger partial charge in [0.1, 0.15) is 5.75 Å². The summed E-state index contributed by atoms with van der Waals surface area (Å²) < 4.78 is 5.72. The Morgan fingerprint density at radius 3 is 2.60 bits per heavy atom. The highest BCUT2D eigenvalue weighted by Crippen LogP contribution is 2.32. The molecule has 0 aliphatic carbocycles. The highest BCUT2D eigenvalue weighted by Gasteiger charge is 2.29. The van der Waals surface area contributed by atoms with E-state index in [0.717, 1.165) is 17.7 Å². The lowest BCUT2D eigenvalue weighted by atomic mass is 10.1. The van der Waals surface area contributed by atoms with Crippen molar-refractivity contribution in [2.45, 2.75) is 26.4 Å². The van der Waals surface area contributed by atoms with Gasteiger partial charge < -0.3 is 9.64 Å². The summed E-state index contributed by atoms with van der Waals surface area (Å²) in [6, 6.07) is 10.3. The van der Waals surface area contributed by atoms with E-state index in [1.54, 1.807) is 36.1 Å². The number of benzene rings is 2. The zero-order valence-electron chi connectivity index (χ0n) is 13.9. The van der Waals surface area contributed by atoms with Crippen LogP contribution in [0.5, 0.6) is 5.75 Å².